The van der Waals surface area contributed by atoms with Gasteiger partial charge in [-0.2, -0.15) is 0 Å². The number of fused-ring (bicyclic) bond motifs is 1. The molecule has 0 aromatic heterocycles. The average Bonchev–Trinajstić information content (AvgIpc) is 2.58. The number of carbonyl (C=O) groups is 1. The highest BCUT2D eigenvalue weighted by molar-refractivity contribution is 5.90. The lowest BCUT2D eigenvalue weighted by Gasteiger charge is -2.10. The molecule has 0 radical (unpaired) electrons. The first kappa shape index (κ1) is 15.7. The quantitative estimate of drug-likeness (QED) is 0.676. The fourth-order valence-electron chi connectivity index (χ4n) is 2.36. The molecule has 0 aliphatic heterocycles. The molecular formula is C19H16O5. The third-order valence-electron chi connectivity index (χ3n) is 3.54. The van der Waals surface area contributed by atoms with Crippen molar-refractivity contribution in [2.45, 2.75) is 0 Å². The van der Waals surface area contributed by atoms with Gasteiger partial charge in [0.25, 0.3) is 0 Å². The minimum Gasteiger partial charge on any atom is -0.507 e. The number of carboxylic acid groups (broad SMARTS) is 1. The predicted molar refractivity (Wildman–Crippen MR) is 90.0 cm³/mol. The predicted octanol–water partition coefficient (Wildman–Crippen LogP) is 3.70. The van der Waals surface area contributed by atoms with Gasteiger partial charge in [0.2, 0.25) is 0 Å². The van der Waals surface area contributed by atoms with Crippen LogP contribution in [0.4, 0.5) is 0 Å². The average molecular weight is 324 g/mol. The molecule has 0 atom stereocenters. The molecule has 0 amide bonds. The summed E-state index contributed by atoms with van der Waals surface area (Å²) in [5.41, 5.74) is -0.158. The highest BCUT2D eigenvalue weighted by Gasteiger charge is 2.10. The third-order valence-corrected chi connectivity index (χ3v) is 3.54. The Morgan fingerprint density at radius 3 is 2.12 bits per heavy atom. The second kappa shape index (κ2) is 6.91. The molecule has 0 aliphatic rings. The SMILES string of the molecule is O=C(O)c1ccc(OCCOc2ccc3ccccc3c2)cc1O. The van der Waals surface area contributed by atoms with Crippen LogP contribution in [0.15, 0.2) is 60.7 Å². The van der Waals surface area contributed by atoms with Crippen LogP contribution in [0.3, 0.4) is 0 Å². The van der Waals surface area contributed by atoms with E-state index in [1.807, 2.05) is 42.5 Å². The topological polar surface area (TPSA) is 76.0 Å². The number of hydrogen-bond acceptors (Lipinski definition) is 4. The monoisotopic (exact) mass is 324 g/mol. The van der Waals surface area contributed by atoms with Crippen molar-refractivity contribution in [2.24, 2.45) is 0 Å². The van der Waals surface area contributed by atoms with Gasteiger partial charge in [0, 0.05) is 6.07 Å². The Hall–Kier alpha value is -3.21. The molecule has 122 valence electrons. The molecular weight excluding hydrogens is 308 g/mol. The van der Waals surface area contributed by atoms with E-state index in [9.17, 15) is 9.90 Å². The molecule has 5 heteroatoms. The van der Waals surface area contributed by atoms with Crippen LogP contribution < -0.4 is 9.47 Å². The summed E-state index contributed by atoms with van der Waals surface area (Å²) in [6, 6.07) is 18.0. The van der Waals surface area contributed by atoms with E-state index < -0.39 is 5.97 Å². The second-order valence-electron chi connectivity index (χ2n) is 5.19. The smallest absolute Gasteiger partial charge is 0.339 e. The lowest BCUT2D eigenvalue weighted by Crippen LogP contribution is -2.09. The van der Waals surface area contributed by atoms with Crippen molar-refractivity contribution in [3.05, 3.63) is 66.2 Å². The third kappa shape index (κ3) is 3.57. The second-order valence-corrected chi connectivity index (χ2v) is 5.19. The number of aromatic hydroxyl groups is 1. The van der Waals surface area contributed by atoms with E-state index in [-0.39, 0.29) is 17.9 Å². The van der Waals surface area contributed by atoms with Crippen LogP contribution in [0.2, 0.25) is 0 Å². The largest absolute Gasteiger partial charge is 0.507 e. The zero-order chi connectivity index (χ0) is 16.9. The number of rotatable bonds is 6. The van der Waals surface area contributed by atoms with Gasteiger partial charge in [-0.05, 0) is 35.0 Å². The maximum atomic E-state index is 10.8. The van der Waals surface area contributed by atoms with E-state index in [2.05, 4.69) is 0 Å². The zero-order valence-electron chi connectivity index (χ0n) is 12.8. The maximum Gasteiger partial charge on any atom is 0.339 e. The van der Waals surface area contributed by atoms with E-state index in [0.29, 0.717) is 12.4 Å². The molecule has 3 aromatic rings. The van der Waals surface area contributed by atoms with Crippen molar-refractivity contribution < 1.29 is 24.5 Å². The van der Waals surface area contributed by atoms with Gasteiger partial charge in [0.05, 0.1) is 0 Å². The summed E-state index contributed by atoms with van der Waals surface area (Å²) < 4.78 is 11.1. The van der Waals surface area contributed by atoms with E-state index in [0.717, 1.165) is 16.5 Å². The van der Waals surface area contributed by atoms with Crippen molar-refractivity contribution in [2.75, 3.05) is 13.2 Å². The van der Waals surface area contributed by atoms with E-state index in [1.54, 1.807) is 0 Å². The molecule has 3 aromatic carbocycles. The van der Waals surface area contributed by atoms with Gasteiger partial charge in [-0.3, -0.25) is 0 Å². The lowest BCUT2D eigenvalue weighted by molar-refractivity contribution is 0.0693. The highest BCUT2D eigenvalue weighted by Crippen LogP contribution is 2.24. The van der Waals surface area contributed by atoms with Crippen LogP contribution in [-0.4, -0.2) is 29.4 Å². The van der Waals surface area contributed by atoms with Crippen LogP contribution in [0, 0.1) is 0 Å². The molecule has 0 unspecified atom stereocenters. The molecule has 2 N–H and O–H groups in total. The summed E-state index contributed by atoms with van der Waals surface area (Å²) in [4.78, 5) is 10.8. The summed E-state index contributed by atoms with van der Waals surface area (Å²) in [6.45, 7) is 0.610. The highest BCUT2D eigenvalue weighted by atomic mass is 16.5. The Kier molecular flexibility index (Phi) is 4.52. The van der Waals surface area contributed by atoms with E-state index >= 15 is 0 Å². The van der Waals surface area contributed by atoms with Crippen LogP contribution in [-0.2, 0) is 0 Å². The van der Waals surface area contributed by atoms with Crippen molar-refractivity contribution in [3.8, 4) is 17.2 Å². The normalized spacial score (nSPS) is 10.5. The van der Waals surface area contributed by atoms with Gasteiger partial charge < -0.3 is 19.7 Å². The van der Waals surface area contributed by atoms with Gasteiger partial charge in [0.1, 0.15) is 36.0 Å². The number of aromatic carboxylic acids is 1. The molecule has 0 bridgehead atoms. The van der Waals surface area contributed by atoms with Gasteiger partial charge >= 0.3 is 5.97 Å². The van der Waals surface area contributed by atoms with E-state index in [1.165, 1.54) is 18.2 Å². The fourth-order valence-corrected chi connectivity index (χ4v) is 2.36. The van der Waals surface area contributed by atoms with Gasteiger partial charge in [-0.25, -0.2) is 4.79 Å². The zero-order valence-corrected chi connectivity index (χ0v) is 12.8. The first-order chi connectivity index (χ1) is 11.6. The lowest BCUT2D eigenvalue weighted by atomic mass is 10.1. The molecule has 0 saturated heterocycles. The summed E-state index contributed by atoms with van der Waals surface area (Å²) in [5.74, 6) is -0.366. The van der Waals surface area contributed by atoms with Crippen molar-refractivity contribution in [3.63, 3.8) is 0 Å². The fraction of sp³-hybridized carbons (Fsp3) is 0.105. The summed E-state index contributed by atoms with van der Waals surface area (Å²) >= 11 is 0. The molecule has 5 nitrogen and oxygen atoms in total. The van der Waals surface area contributed by atoms with Gasteiger partial charge in [-0.15, -0.1) is 0 Å². The summed E-state index contributed by atoms with van der Waals surface area (Å²) in [6.07, 6.45) is 0. The molecule has 3 rings (SSSR count). The van der Waals surface area contributed by atoms with Crippen molar-refractivity contribution in [1.29, 1.82) is 0 Å². The van der Waals surface area contributed by atoms with Gasteiger partial charge in [-0.1, -0.05) is 30.3 Å². The molecule has 24 heavy (non-hydrogen) atoms. The Morgan fingerprint density at radius 1 is 0.833 bits per heavy atom. The molecule has 0 saturated carbocycles. The first-order valence-corrected chi connectivity index (χ1v) is 7.44. The Morgan fingerprint density at radius 2 is 1.46 bits per heavy atom. The van der Waals surface area contributed by atoms with Crippen LogP contribution in [0.1, 0.15) is 10.4 Å². The molecule has 0 fully saturated rings. The van der Waals surface area contributed by atoms with E-state index in [4.69, 9.17) is 14.6 Å². The number of ether oxygens (including phenoxy) is 2. The maximum absolute atomic E-state index is 10.8. The Balaban J connectivity index is 1.54. The van der Waals surface area contributed by atoms with Crippen molar-refractivity contribution >= 4 is 16.7 Å². The Bertz CT molecular complexity index is 873. The first-order valence-electron chi connectivity index (χ1n) is 7.44. The molecule has 0 aliphatic carbocycles. The number of hydrogen-bond donors (Lipinski definition) is 2. The number of phenols is 1. The van der Waals surface area contributed by atoms with Crippen molar-refractivity contribution in [1.82, 2.24) is 0 Å². The van der Waals surface area contributed by atoms with Crippen LogP contribution in [0.25, 0.3) is 10.8 Å². The Labute approximate surface area is 138 Å². The van der Waals surface area contributed by atoms with Crippen LogP contribution in [0.5, 0.6) is 17.2 Å². The number of benzene rings is 3. The minimum absolute atomic E-state index is 0.158. The molecule has 0 heterocycles. The van der Waals surface area contributed by atoms with Crippen LogP contribution >= 0.6 is 0 Å². The summed E-state index contributed by atoms with van der Waals surface area (Å²) in [5, 5.41) is 20.7. The minimum atomic E-state index is -1.18. The van der Waals surface area contributed by atoms with Gasteiger partial charge in [0.15, 0.2) is 0 Å². The summed E-state index contributed by atoms with van der Waals surface area (Å²) in [7, 11) is 0. The standard InChI is InChI=1S/C19H16O5/c20-18-12-16(7-8-17(18)19(21)22)24-10-9-23-15-6-5-13-3-1-2-4-14(13)11-15/h1-8,11-12,20H,9-10H2,(H,21,22). The number of carboxylic acids is 1. The molecule has 0 spiro atoms.